The molecule has 5 nitrogen and oxygen atoms in total. The van der Waals surface area contributed by atoms with Gasteiger partial charge in [0.05, 0.1) is 5.92 Å². The molecule has 2 rings (SSSR count). The van der Waals surface area contributed by atoms with E-state index < -0.39 is 5.97 Å². The largest absolute Gasteiger partial charge is 0.481 e. The van der Waals surface area contributed by atoms with Crippen LogP contribution in [0.2, 0.25) is 0 Å². The summed E-state index contributed by atoms with van der Waals surface area (Å²) in [6.07, 6.45) is 3.67. The predicted octanol–water partition coefficient (Wildman–Crippen LogP) is 1.39. The Hall–Kier alpha value is -1.26. The zero-order valence-corrected chi connectivity index (χ0v) is 10.3. The van der Waals surface area contributed by atoms with Crippen LogP contribution in [-0.4, -0.2) is 52.6 Å². The zero-order valence-electron chi connectivity index (χ0n) is 10.3. The maximum Gasteiger partial charge on any atom is 0.320 e. The van der Waals surface area contributed by atoms with Crippen LogP contribution in [0.4, 0.5) is 4.79 Å². The molecule has 1 atom stereocenters. The molecule has 5 heteroatoms. The smallest absolute Gasteiger partial charge is 0.320 e. The molecule has 0 spiro atoms. The maximum absolute atomic E-state index is 12.2. The lowest BCUT2D eigenvalue weighted by Gasteiger charge is -2.35. The fraction of sp³-hybridized carbons (Fsp3) is 0.833. The Morgan fingerprint density at radius 1 is 1.35 bits per heavy atom. The van der Waals surface area contributed by atoms with Crippen molar-refractivity contribution in [1.82, 2.24) is 9.80 Å². The highest BCUT2D eigenvalue weighted by molar-refractivity contribution is 5.77. The number of rotatable bonds is 3. The molecular formula is C12H20N2O3. The Labute approximate surface area is 101 Å². The van der Waals surface area contributed by atoms with Crippen molar-refractivity contribution in [3.05, 3.63) is 0 Å². The van der Waals surface area contributed by atoms with E-state index in [1.54, 1.807) is 4.90 Å². The van der Waals surface area contributed by atoms with Crippen molar-refractivity contribution >= 4 is 12.0 Å². The fourth-order valence-electron chi connectivity index (χ4n) is 2.47. The van der Waals surface area contributed by atoms with E-state index in [2.05, 4.69) is 0 Å². The maximum atomic E-state index is 12.2. The van der Waals surface area contributed by atoms with Gasteiger partial charge in [-0.05, 0) is 32.6 Å². The summed E-state index contributed by atoms with van der Waals surface area (Å²) in [5.74, 6) is -1.16. The summed E-state index contributed by atoms with van der Waals surface area (Å²) >= 11 is 0. The second-order valence-electron chi connectivity index (χ2n) is 4.92. The molecule has 2 aliphatic rings. The molecule has 1 heterocycles. The first-order valence-corrected chi connectivity index (χ1v) is 6.41. The van der Waals surface area contributed by atoms with E-state index in [0.29, 0.717) is 25.6 Å². The Kier molecular flexibility index (Phi) is 3.54. The minimum absolute atomic E-state index is 0.0287. The highest BCUT2D eigenvalue weighted by Gasteiger charge is 2.36. The van der Waals surface area contributed by atoms with Gasteiger partial charge in [-0.15, -0.1) is 0 Å². The lowest BCUT2D eigenvalue weighted by molar-refractivity contribution is -0.143. The van der Waals surface area contributed by atoms with Crippen LogP contribution < -0.4 is 0 Å². The van der Waals surface area contributed by atoms with Gasteiger partial charge in [0.2, 0.25) is 0 Å². The molecule has 1 aliphatic heterocycles. The van der Waals surface area contributed by atoms with Crippen LogP contribution in [0.1, 0.15) is 32.6 Å². The van der Waals surface area contributed by atoms with Crippen LogP contribution in [0.3, 0.4) is 0 Å². The van der Waals surface area contributed by atoms with E-state index in [0.717, 1.165) is 25.8 Å². The van der Waals surface area contributed by atoms with Crippen LogP contribution in [0, 0.1) is 5.92 Å². The van der Waals surface area contributed by atoms with Crippen LogP contribution in [0.25, 0.3) is 0 Å². The molecule has 2 amide bonds. The number of carbonyl (C=O) groups excluding carboxylic acids is 1. The minimum atomic E-state index is -0.781. The van der Waals surface area contributed by atoms with Crippen molar-refractivity contribution in [3.8, 4) is 0 Å². The highest BCUT2D eigenvalue weighted by atomic mass is 16.4. The van der Waals surface area contributed by atoms with Crippen LogP contribution in [0.15, 0.2) is 0 Å². The summed E-state index contributed by atoms with van der Waals surface area (Å²) in [7, 11) is 0. The van der Waals surface area contributed by atoms with Gasteiger partial charge in [0.15, 0.2) is 0 Å². The van der Waals surface area contributed by atoms with Crippen molar-refractivity contribution in [2.45, 2.75) is 38.6 Å². The molecule has 0 radical (unpaired) electrons. The van der Waals surface area contributed by atoms with Crippen LogP contribution in [0.5, 0.6) is 0 Å². The van der Waals surface area contributed by atoms with Crippen molar-refractivity contribution in [2.75, 3.05) is 19.6 Å². The van der Waals surface area contributed by atoms with Crippen LogP contribution in [-0.2, 0) is 4.79 Å². The molecule has 1 saturated carbocycles. The number of carbonyl (C=O) groups is 2. The van der Waals surface area contributed by atoms with Crippen molar-refractivity contribution in [3.63, 3.8) is 0 Å². The number of urea groups is 1. The van der Waals surface area contributed by atoms with Gasteiger partial charge in [-0.25, -0.2) is 4.79 Å². The van der Waals surface area contributed by atoms with Crippen molar-refractivity contribution < 1.29 is 14.7 Å². The lowest BCUT2D eigenvalue weighted by Crippen LogP contribution is -2.49. The first-order valence-electron chi connectivity index (χ1n) is 6.41. The minimum Gasteiger partial charge on any atom is -0.481 e. The summed E-state index contributed by atoms with van der Waals surface area (Å²) in [5.41, 5.74) is 0. The van der Waals surface area contributed by atoms with Crippen molar-refractivity contribution in [2.24, 2.45) is 5.92 Å². The number of piperidine rings is 1. The average molecular weight is 240 g/mol. The van der Waals surface area contributed by atoms with E-state index in [9.17, 15) is 9.59 Å². The van der Waals surface area contributed by atoms with Gasteiger partial charge >= 0.3 is 12.0 Å². The molecular weight excluding hydrogens is 220 g/mol. The van der Waals surface area contributed by atoms with Gasteiger partial charge in [0, 0.05) is 25.7 Å². The number of carboxylic acid groups (broad SMARTS) is 1. The summed E-state index contributed by atoms with van der Waals surface area (Å²) in [4.78, 5) is 26.8. The predicted molar refractivity (Wildman–Crippen MR) is 62.7 cm³/mol. The second kappa shape index (κ2) is 4.94. The number of amides is 2. The molecule has 0 aromatic heterocycles. The second-order valence-corrected chi connectivity index (χ2v) is 4.92. The molecule has 0 aromatic carbocycles. The SMILES string of the molecule is CCN(C(=O)N1CCC[C@@H](C(=O)O)C1)C1CC1. The molecule has 1 saturated heterocycles. The fourth-order valence-corrected chi connectivity index (χ4v) is 2.47. The van der Waals surface area contributed by atoms with Gasteiger partial charge in [-0.1, -0.05) is 0 Å². The van der Waals surface area contributed by atoms with E-state index in [4.69, 9.17) is 5.11 Å². The summed E-state index contributed by atoms with van der Waals surface area (Å²) in [6.45, 7) is 3.77. The van der Waals surface area contributed by atoms with Crippen LogP contribution >= 0.6 is 0 Å². The van der Waals surface area contributed by atoms with E-state index in [1.807, 2.05) is 11.8 Å². The normalized spacial score (nSPS) is 24.5. The van der Waals surface area contributed by atoms with Gasteiger partial charge < -0.3 is 14.9 Å². The third-order valence-corrected chi connectivity index (χ3v) is 3.62. The van der Waals surface area contributed by atoms with E-state index in [-0.39, 0.29) is 11.9 Å². The Morgan fingerprint density at radius 3 is 2.59 bits per heavy atom. The third-order valence-electron chi connectivity index (χ3n) is 3.62. The molecule has 1 N–H and O–H groups in total. The molecule has 2 fully saturated rings. The van der Waals surface area contributed by atoms with Gasteiger partial charge in [0.1, 0.15) is 0 Å². The monoisotopic (exact) mass is 240 g/mol. The summed E-state index contributed by atoms with van der Waals surface area (Å²) in [6, 6.07) is 0.429. The molecule has 0 aromatic rings. The molecule has 0 unspecified atom stereocenters. The zero-order chi connectivity index (χ0) is 12.4. The average Bonchev–Trinajstić information content (AvgIpc) is 3.14. The number of likely N-dealkylation sites (tertiary alicyclic amines) is 1. The Bertz CT molecular complexity index is 315. The number of hydrogen-bond donors (Lipinski definition) is 1. The number of hydrogen-bond acceptors (Lipinski definition) is 2. The Morgan fingerprint density at radius 2 is 2.06 bits per heavy atom. The first kappa shape index (κ1) is 12.2. The molecule has 0 bridgehead atoms. The number of aliphatic carboxylic acids is 1. The lowest BCUT2D eigenvalue weighted by atomic mass is 9.99. The van der Waals surface area contributed by atoms with Gasteiger partial charge in [-0.2, -0.15) is 0 Å². The standard InChI is InChI=1S/C12H20N2O3/c1-2-14(10-5-6-10)12(17)13-7-3-4-9(8-13)11(15)16/h9-10H,2-8H2,1H3,(H,15,16)/t9-/m1/s1. The number of nitrogens with zero attached hydrogens (tertiary/aromatic N) is 2. The first-order chi connectivity index (χ1) is 8.13. The summed E-state index contributed by atoms with van der Waals surface area (Å²) < 4.78 is 0. The topological polar surface area (TPSA) is 60.9 Å². The highest BCUT2D eigenvalue weighted by Crippen LogP contribution is 2.28. The Balaban J connectivity index is 1.96. The van der Waals surface area contributed by atoms with Gasteiger partial charge in [-0.3, -0.25) is 4.79 Å². The molecule has 17 heavy (non-hydrogen) atoms. The summed E-state index contributed by atoms with van der Waals surface area (Å²) in [5, 5.41) is 9.00. The number of carboxylic acids is 1. The van der Waals surface area contributed by atoms with Gasteiger partial charge in [0.25, 0.3) is 0 Å². The third kappa shape index (κ3) is 2.70. The molecule has 1 aliphatic carbocycles. The van der Waals surface area contributed by atoms with E-state index in [1.165, 1.54) is 0 Å². The van der Waals surface area contributed by atoms with Crippen molar-refractivity contribution in [1.29, 1.82) is 0 Å². The quantitative estimate of drug-likeness (QED) is 0.810. The van der Waals surface area contributed by atoms with E-state index >= 15 is 0 Å². The molecule has 96 valence electrons.